The van der Waals surface area contributed by atoms with E-state index in [1.807, 2.05) is 6.92 Å². The Labute approximate surface area is 126 Å². The van der Waals surface area contributed by atoms with Crippen molar-refractivity contribution in [1.82, 2.24) is 15.1 Å². The molecule has 0 aromatic carbocycles. The van der Waals surface area contributed by atoms with Gasteiger partial charge in [0.25, 0.3) is 0 Å². The highest BCUT2D eigenvalue weighted by Gasteiger charge is 2.41. The number of carboxylic acid groups (broad SMARTS) is 1. The lowest BCUT2D eigenvalue weighted by atomic mass is 9.96. The third kappa shape index (κ3) is 2.63. The molecular formula is C14H14ClN3O3. The second-order valence-corrected chi connectivity index (χ2v) is 5.83. The number of halogens is 1. The molecule has 1 aliphatic carbocycles. The van der Waals surface area contributed by atoms with Crippen LogP contribution in [-0.2, 0) is 4.79 Å². The van der Waals surface area contributed by atoms with Gasteiger partial charge in [0.05, 0.1) is 16.9 Å². The Morgan fingerprint density at radius 1 is 1.48 bits per heavy atom. The predicted molar refractivity (Wildman–Crippen MR) is 74.8 cm³/mol. The number of rotatable bonds is 3. The molecule has 3 rings (SSSR count). The van der Waals surface area contributed by atoms with Crippen molar-refractivity contribution in [3.05, 3.63) is 29.2 Å². The third-order valence-electron chi connectivity index (χ3n) is 3.84. The van der Waals surface area contributed by atoms with Gasteiger partial charge in [-0.05, 0) is 30.9 Å². The molecule has 0 radical (unpaired) electrons. The maximum atomic E-state index is 11.3. The zero-order valence-corrected chi connectivity index (χ0v) is 12.1. The number of pyridine rings is 1. The maximum Gasteiger partial charge on any atom is 0.307 e. The fourth-order valence-corrected chi connectivity index (χ4v) is 3.08. The molecule has 110 valence electrons. The first-order valence-electron chi connectivity index (χ1n) is 6.73. The van der Waals surface area contributed by atoms with Gasteiger partial charge in [-0.25, -0.2) is 0 Å². The van der Waals surface area contributed by atoms with E-state index in [0.29, 0.717) is 34.8 Å². The fraction of sp³-hybridized carbons (Fsp3) is 0.429. The van der Waals surface area contributed by atoms with Crippen molar-refractivity contribution in [2.24, 2.45) is 11.8 Å². The largest absolute Gasteiger partial charge is 0.481 e. The van der Waals surface area contributed by atoms with E-state index in [4.69, 9.17) is 16.1 Å². The molecule has 3 unspecified atom stereocenters. The normalized spacial score (nSPS) is 25.1. The van der Waals surface area contributed by atoms with E-state index in [1.165, 1.54) is 0 Å². The minimum Gasteiger partial charge on any atom is -0.481 e. The van der Waals surface area contributed by atoms with Crippen LogP contribution in [0.1, 0.15) is 31.6 Å². The highest BCUT2D eigenvalue weighted by Crippen LogP contribution is 2.42. The van der Waals surface area contributed by atoms with Crippen molar-refractivity contribution in [3.63, 3.8) is 0 Å². The highest BCUT2D eigenvalue weighted by atomic mass is 35.5. The van der Waals surface area contributed by atoms with E-state index in [1.54, 1.807) is 18.3 Å². The molecule has 1 N–H and O–H groups in total. The lowest BCUT2D eigenvalue weighted by Crippen LogP contribution is -2.17. The molecule has 0 amide bonds. The highest BCUT2D eigenvalue weighted by molar-refractivity contribution is 6.32. The van der Waals surface area contributed by atoms with Crippen LogP contribution in [-0.4, -0.2) is 26.2 Å². The Morgan fingerprint density at radius 2 is 2.29 bits per heavy atom. The smallest absolute Gasteiger partial charge is 0.307 e. The zero-order valence-electron chi connectivity index (χ0n) is 11.4. The molecule has 2 aromatic rings. The van der Waals surface area contributed by atoms with Crippen LogP contribution in [0.15, 0.2) is 22.9 Å². The van der Waals surface area contributed by atoms with E-state index in [2.05, 4.69) is 15.1 Å². The lowest BCUT2D eigenvalue weighted by molar-refractivity contribution is -0.142. The number of hydrogen-bond donors (Lipinski definition) is 1. The van der Waals surface area contributed by atoms with Crippen molar-refractivity contribution in [2.45, 2.75) is 25.7 Å². The van der Waals surface area contributed by atoms with Gasteiger partial charge in [-0.2, -0.15) is 4.98 Å². The quantitative estimate of drug-likeness (QED) is 0.937. The molecule has 0 saturated heterocycles. The van der Waals surface area contributed by atoms with Crippen LogP contribution in [0, 0.1) is 11.8 Å². The first-order valence-corrected chi connectivity index (χ1v) is 7.11. The van der Waals surface area contributed by atoms with Crippen LogP contribution < -0.4 is 0 Å². The van der Waals surface area contributed by atoms with Gasteiger partial charge in [-0.3, -0.25) is 9.78 Å². The molecule has 21 heavy (non-hydrogen) atoms. The lowest BCUT2D eigenvalue weighted by Gasteiger charge is -2.09. The number of hydrogen-bond acceptors (Lipinski definition) is 5. The van der Waals surface area contributed by atoms with Crippen molar-refractivity contribution in [2.75, 3.05) is 0 Å². The van der Waals surface area contributed by atoms with Crippen molar-refractivity contribution >= 4 is 17.6 Å². The first-order chi connectivity index (χ1) is 10.1. The van der Waals surface area contributed by atoms with Crippen LogP contribution in [0.3, 0.4) is 0 Å². The maximum absolute atomic E-state index is 11.3. The Bertz CT molecular complexity index is 673. The third-order valence-corrected chi connectivity index (χ3v) is 4.15. The van der Waals surface area contributed by atoms with Crippen LogP contribution in [0.2, 0.25) is 5.02 Å². The summed E-state index contributed by atoms with van der Waals surface area (Å²) in [5.41, 5.74) is 0.437. The van der Waals surface area contributed by atoms with E-state index >= 15 is 0 Å². The first kappa shape index (κ1) is 14.0. The number of carboxylic acids is 1. The van der Waals surface area contributed by atoms with E-state index < -0.39 is 11.9 Å². The number of aliphatic carboxylic acids is 1. The molecule has 7 heteroatoms. The molecule has 2 aromatic heterocycles. The van der Waals surface area contributed by atoms with Gasteiger partial charge in [0.1, 0.15) is 5.69 Å². The molecule has 6 nitrogen and oxygen atoms in total. The molecule has 2 heterocycles. The molecule has 1 saturated carbocycles. The van der Waals surface area contributed by atoms with Gasteiger partial charge in [-0.15, -0.1) is 0 Å². The molecular weight excluding hydrogens is 294 g/mol. The predicted octanol–water partition coefficient (Wildman–Crippen LogP) is 3.00. The van der Waals surface area contributed by atoms with Gasteiger partial charge in [-0.1, -0.05) is 23.7 Å². The fourth-order valence-electron chi connectivity index (χ4n) is 2.87. The standard InChI is InChI=1S/C14H14ClN3O3/c1-7-5-8(9(6-7)14(19)20)13-17-12(18-21-13)11-10(15)3-2-4-16-11/h2-4,7-9H,5-6H2,1H3,(H,19,20). The molecule has 3 atom stereocenters. The number of aromatic nitrogens is 3. The monoisotopic (exact) mass is 307 g/mol. The van der Waals surface area contributed by atoms with Crippen LogP contribution >= 0.6 is 11.6 Å². The molecule has 1 fully saturated rings. The van der Waals surface area contributed by atoms with Gasteiger partial charge < -0.3 is 9.63 Å². The van der Waals surface area contributed by atoms with Crippen molar-refractivity contribution < 1.29 is 14.4 Å². The van der Waals surface area contributed by atoms with Crippen LogP contribution in [0.4, 0.5) is 0 Å². The summed E-state index contributed by atoms with van der Waals surface area (Å²) in [6.07, 6.45) is 2.95. The van der Waals surface area contributed by atoms with Crippen LogP contribution in [0.25, 0.3) is 11.5 Å². The summed E-state index contributed by atoms with van der Waals surface area (Å²) >= 11 is 6.05. The summed E-state index contributed by atoms with van der Waals surface area (Å²) in [5, 5.41) is 13.6. The minimum atomic E-state index is -0.819. The van der Waals surface area contributed by atoms with Gasteiger partial charge >= 0.3 is 5.97 Å². The zero-order chi connectivity index (χ0) is 15.0. The summed E-state index contributed by atoms with van der Waals surface area (Å²) in [7, 11) is 0. The van der Waals surface area contributed by atoms with Crippen LogP contribution in [0.5, 0.6) is 0 Å². The topological polar surface area (TPSA) is 89.1 Å². The summed E-state index contributed by atoms with van der Waals surface area (Å²) in [6, 6.07) is 3.41. The van der Waals surface area contributed by atoms with Crippen molar-refractivity contribution in [3.8, 4) is 11.5 Å². The van der Waals surface area contributed by atoms with Gasteiger partial charge in [0, 0.05) is 6.20 Å². The molecule has 1 aliphatic rings. The SMILES string of the molecule is CC1CC(C(=O)O)C(c2nc(-c3ncccc3Cl)no2)C1. The number of carbonyl (C=O) groups is 1. The molecule has 0 bridgehead atoms. The summed E-state index contributed by atoms with van der Waals surface area (Å²) in [4.78, 5) is 19.8. The summed E-state index contributed by atoms with van der Waals surface area (Å²) < 4.78 is 5.26. The average molecular weight is 308 g/mol. The molecule has 0 aliphatic heterocycles. The Kier molecular flexibility index (Phi) is 3.63. The Balaban J connectivity index is 1.92. The minimum absolute atomic E-state index is 0.249. The average Bonchev–Trinajstić information content (AvgIpc) is 3.05. The Hall–Kier alpha value is -1.95. The summed E-state index contributed by atoms with van der Waals surface area (Å²) in [6.45, 7) is 2.03. The Morgan fingerprint density at radius 3 is 3.00 bits per heavy atom. The van der Waals surface area contributed by atoms with E-state index in [0.717, 1.165) is 6.42 Å². The van der Waals surface area contributed by atoms with Gasteiger partial charge in [0.15, 0.2) is 0 Å². The summed E-state index contributed by atoms with van der Waals surface area (Å²) in [5.74, 6) is -0.582. The molecule has 0 spiro atoms. The second kappa shape index (κ2) is 5.44. The van der Waals surface area contributed by atoms with Crippen molar-refractivity contribution in [1.29, 1.82) is 0 Å². The van der Waals surface area contributed by atoms with E-state index in [9.17, 15) is 9.90 Å². The van der Waals surface area contributed by atoms with E-state index in [-0.39, 0.29) is 5.92 Å². The number of nitrogens with zero attached hydrogens (tertiary/aromatic N) is 3. The second-order valence-electron chi connectivity index (χ2n) is 5.42. The van der Waals surface area contributed by atoms with Gasteiger partial charge in [0.2, 0.25) is 11.7 Å².